The molecule has 1 aliphatic rings. The van der Waals surface area contributed by atoms with Gasteiger partial charge in [0, 0.05) is 52.0 Å². The van der Waals surface area contributed by atoms with Crippen molar-refractivity contribution in [3.63, 3.8) is 0 Å². The van der Waals surface area contributed by atoms with Gasteiger partial charge in [-0.25, -0.2) is 4.98 Å². The molecule has 1 amide bonds. The lowest BCUT2D eigenvalue weighted by molar-refractivity contribution is -0.132. The molecule has 1 aliphatic heterocycles. The van der Waals surface area contributed by atoms with Crippen LogP contribution in [-0.4, -0.2) is 52.9 Å². The first kappa shape index (κ1) is 17.3. The van der Waals surface area contributed by atoms with Crippen LogP contribution >= 0.6 is 0 Å². The summed E-state index contributed by atoms with van der Waals surface area (Å²) in [4.78, 5) is 29.6. The van der Waals surface area contributed by atoms with Gasteiger partial charge in [0.1, 0.15) is 5.82 Å². The number of aromatic nitrogens is 3. The molecule has 1 fully saturated rings. The largest absolute Gasteiger partial charge is 0.361 e. The molecule has 0 spiro atoms. The summed E-state index contributed by atoms with van der Waals surface area (Å²) in [5.74, 6) is 1.54. The van der Waals surface area contributed by atoms with Gasteiger partial charge in [-0.05, 0) is 36.8 Å². The summed E-state index contributed by atoms with van der Waals surface area (Å²) >= 11 is 0. The standard InChI is InChI=1S/C19H25N5O/c1-23(2)19-17(21-8-9-22-19)11-16-6-4-10-24(14-16)18(25)12-15-5-3-7-20-13-15/h3,5,7-9,13,16H,4,6,10-12,14H2,1-2H3/t16-/m0/s1. The molecule has 25 heavy (non-hydrogen) atoms. The minimum absolute atomic E-state index is 0.185. The van der Waals surface area contributed by atoms with Gasteiger partial charge in [0.15, 0.2) is 0 Å². The Labute approximate surface area is 148 Å². The maximum atomic E-state index is 12.6. The lowest BCUT2D eigenvalue weighted by Gasteiger charge is -2.33. The molecule has 6 nitrogen and oxygen atoms in total. The van der Waals surface area contributed by atoms with Crippen LogP contribution in [0.1, 0.15) is 24.1 Å². The molecule has 3 heterocycles. The van der Waals surface area contributed by atoms with Crippen LogP contribution in [0.5, 0.6) is 0 Å². The third-order valence-electron chi connectivity index (χ3n) is 4.61. The lowest BCUT2D eigenvalue weighted by Crippen LogP contribution is -2.41. The van der Waals surface area contributed by atoms with Crippen molar-refractivity contribution in [1.82, 2.24) is 19.9 Å². The number of amides is 1. The SMILES string of the molecule is CN(C)c1nccnc1C[C@@H]1CCCN(C(=O)Cc2cccnc2)C1. The number of carbonyl (C=O) groups excluding carboxylic acids is 1. The van der Waals surface area contributed by atoms with Gasteiger partial charge in [-0.15, -0.1) is 0 Å². The summed E-state index contributed by atoms with van der Waals surface area (Å²) in [7, 11) is 3.97. The van der Waals surface area contributed by atoms with Crippen LogP contribution in [0.4, 0.5) is 5.82 Å². The molecule has 132 valence electrons. The summed E-state index contributed by atoms with van der Waals surface area (Å²) in [6, 6.07) is 3.83. The lowest BCUT2D eigenvalue weighted by atomic mass is 9.92. The average Bonchev–Trinajstić information content (AvgIpc) is 2.63. The highest BCUT2D eigenvalue weighted by Crippen LogP contribution is 2.24. The number of pyridine rings is 1. The fourth-order valence-electron chi connectivity index (χ4n) is 3.40. The van der Waals surface area contributed by atoms with Crippen molar-refractivity contribution in [3.8, 4) is 0 Å². The van der Waals surface area contributed by atoms with Crippen molar-refractivity contribution in [2.75, 3.05) is 32.1 Å². The number of anilines is 1. The fraction of sp³-hybridized carbons (Fsp3) is 0.474. The van der Waals surface area contributed by atoms with Gasteiger partial charge in [0.25, 0.3) is 0 Å². The number of likely N-dealkylation sites (tertiary alicyclic amines) is 1. The minimum atomic E-state index is 0.185. The Bertz CT molecular complexity index is 704. The Kier molecular flexibility index (Phi) is 5.58. The second kappa shape index (κ2) is 8.05. The number of hydrogen-bond donors (Lipinski definition) is 0. The molecular formula is C19H25N5O. The van der Waals surface area contributed by atoms with Crippen LogP contribution < -0.4 is 4.90 Å². The van der Waals surface area contributed by atoms with Crippen LogP contribution in [0.15, 0.2) is 36.9 Å². The van der Waals surface area contributed by atoms with E-state index in [9.17, 15) is 4.79 Å². The molecule has 1 atom stereocenters. The molecule has 0 bridgehead atoms. The predicted octanol–water partition coefficient (Wildman–Crippen LogP) is 1.96. The number of piperidine rings is 1. The van der Waals surface area contributed by atoms with E-state index in [1.54, 1.807) is 24.8 Å². The Morgan fingerprint density at radius 1 is 1.28 bits per heavy atom. The highest BCUT2D eigenvalue weighted by Gasteiger charge is 2.25. The quantitative estimate of drug-likeness (QED) is 0.833. The second-order valence-electron chi connectivity index (χ2n) is 6.81. The van der Waals surface area contributed by atoms with E-state index < -0.39 is 0 Å². The number of hydrogen-bond acceptors (Lipinski definition) is 5. The third-order valence-corrected chi connectivity index (χ3v) is 4.61. The topological polar surface area (TPSA) is 62.2 Å². The Morgan fingerprint density at radius 3 is 2.88 bits per heavy atom. The van der Waals surface area contributed by atoms with Crippen molar-refractivity contribution in [3.05, 3.63) is 48.2 Å². The molecule has 0 aromatic carbocycles. The Morgan fingerprint density at radius 2 is 2.12 bits per heavy atom. The summed E-state index contributed by atoms with van der Waals surface area (Å²) in [6.07, 6.45) is 10.4. The van der Waals surface area contributed by atoms with E-state index >= 15 is 0 Å². The van der Waals surface area contributed by atoms with E-state index in [-0.39, 0.29) is 5.91 Å². The van der Waals surface area contributed by atoms with E-state index in [2.05, 4.69) is 15.0 Å². The highest BCUT2D eigenvalue weighted by molar-refractivity contribution is 5.78. The smallest absolute Gasteiger partial charge is 0.227 e. The molecular weight excluding hydrogens is 314 g/mol. The van der Waals surface area contributed by atoms with Crippen molar-refractivity contribution >= 4 is 11.7 Å². The maximum absolute atomic E-state index is 12.6. The van der Waals surface area contributed by atoms with Crippen molar-refractivity contribution < 1.29 is 4.79 Å². The zero-order valence-corrected chi connectivity index (χ0v) is 14.9. The normalized spacial score (nSPS) is 17.4. The molecule has 1 saturated heterocycles. The van der Waals surface area contributed by atoms with Gasteiger partial charge >= 0.3 is 0 Å². The van der Waals surface area contributed by atoms with Gasteiger partial charge in [-0.3, -0.25) is 14.8 Å². The summed E-state index contributed by atoms with van der Waals surface area (Å²) in [5, 5.41) is 0. The van der Waals surface area contributed by atoms with Crippen LogP contribution in [0.2, 0.25) is 0 Å². The molecule has 2 aromatic rings. The van der Waals surface area contributed by atoms with Crippen LogP contribution in [-0.2, 0) is 17.6 Å². The predicted molar refractivity (Wildman–Crippen MR) is 97.3 cm³/mol. The first-order valence-electron chi connectivity index (χ1n) is 8.77. The molecule has 0 radical (unpaired) electrons. The molecule has 0 N–H and O–H groups in total. The number of carbonyl (C=O) groups is 1. The van der Waals surface area contributed by atoms with Crippen molar-refractivity contribution in [2.45, 2.75) is 25.7 Å². The van der Waals surface area contributed by atoms with E-state index in [0.717, 1.165) is 49.4 Å². The van der Waals surface area contributed by atoms with Gasteiger partial charge in [-0.1, -0.05) is 6.07 Å². The minimum Gasteiger partial charge on any atom is -0.361 e. The first-order valence-corrected chi connectivity index (χ1v) is 8.77. The maximum Gasteiger partial charge on any atom is 0.227 e. The summed E-state index contributed by atoms with van der Waals surface area (Å²) in [6.45, 7) is 1.64. The van der Waals surface area contributed by atoms with Gasteiger partial charge in [0.2, 0.25) is 5.91 Å². The number of rotatable bonds is 5. The highest BCUT2D eigenvalue weighted by atomic mass is 16.2. The van der Waals surface area contributed by atoms with E-state index in [4.69, 9.17) is 0 Å². The van der Waals surface area contributed by atoms with Crippen LogP contribution in [0, 0.1) is 5.92 Å². The average molecular weight is 339 g/mol. The first-order chi connectivity index (χ1) is 12.1. The van der Waals surface area contributed by atoms with E-state index in [1.165, 1.54) is 0 Å². The third kappa shape index (κ3) is 4.53. The number of nitrogens with zero attached hydrogens (tertiary/aromatic N) is 5. The second-order valence-corrected chi connectivity index (χ2v) is 6.81. The molecule has 0 aliphatic carbocycles. The molecule has 3 rings (SSSR count). The summed E-state index contributed by atoms with van der Waals surface area (Å²) in [5.41, 5.74) is 1.98. The zero-order chi connectivity index (χ0) is 17.6. The molecule has 0 saturated carbocycles. The Balaban J connectivity index is 1.62. The van der Waals surface area contributed by atoms with Gasteiger partial charge < -0.3 is 9.80 Å². The Hall–Kier alpha value is -2.50. The van der Waals surface area contributed by atoms with E-state index in [0.29, 0.717) is 12.3 Å². The monoisotopic (exact) mass is 339 g/mol. The van der Waals surface area contributed by atoms with Gasteiger partial charge in [0.05, 0.1) is 12.1 Å². The van der Waals surface area contributed by atoms with Crippen LogP contribution in [0.3, 0.4) is 0 Å². The van der Waals surface area contributed by atoms with Crippen molar-refractivity contribution in [2.24, 2.45) is 5.92 Å². The summed E-state index contributed by atoms with van der Waals surface area (Å²) < 4.78 is 0. The zero-order valence-electron chi connectivity index (χ0n) is 14.9. The molecule has 2 aromatic heterocycles. The van der Waals surface area contributed by atoms with Crippen LogP contribution in [0.25, 0.3) is 0 Å². The molecule has 6 heteroatoms. The fourth-order valence-corrected chi connectivity index (χ4v) is 3.40. The molecule has 0 unspecified atom stereocenters. The van der Waals surface area contributed by atoms with Crippen molar-refractivity contribution in [1.29, 1.82) is 0 Å². The van der Waals surface area contributed by atoms with E-state index in [1.807, 2.05) is 36.0 Å². The van der Waals surface area contributed by atoms with Gasteiger partial charge in [-0.2, -0.15) is 0 Å².